The smallest absolute Gasteiger partial charge is 0.00949 e. The summed E-state index contributed by atoms with van der Waals surface area (Å²) in [6.07, 6.45) is 15.8. The van der Waals surface area contributed by atoms with E-state index in [4.69, 9.17) is 0 Å². The molecule has 0 amide bonds. The standard InChI is InChI=1S/C17H35N/c1-4-6-7-8-9-14-17(18-3)16-13-11-10-12-15(16)5-2/h15-18H,4-14H2,1-3H3. The van der Waals surface area contributed by atoms with Crippen LogP contribution in [0.15, 0.2) is 0 Å². The maximum absolute atomic E-state index is 3.63. The number of hydrogen-bond donors (Lipinski definition) is 1. The summed E-state index contributed by atoms with van der Waals surface area (Å²) in [4.78, 5) is 0. The molecule has 18 heavy (non-hydrogen) atoms. The molecule has 1 rings (SSSR count). The molecule has 3 atom stereocenters. The summed E-state index contributed by atoms with van der Waals surface area (Å²) in [6.45, 7) is 4.68. The Hall–Kier alpha value is -0.0400. The molecule has 1 aliphatic carbocycles. The van der Waals surface area contributed by atoms with Gasteiger partial charge in [-0.25, -0.2) is 0 Å². The van der Waals surface area contributed by atoms with E-state index in [1.807, 2.05) is 0 Å². The maximum Gasteiger partial charge on any atom is 0.00949 e. The Morgan fingerprint density at radius 2 is 1.72 bits per heavy atom. The van der Waals surface area contributed by atoms with E-state index in [1.165, 1.54) is 70.6 Å². The van der Waals surface area contributed by atoms with Gasteiger partial charge >= 0.3 is 0 Å². The van der Waals surface area contributed by atoms with Gasteiger partial charge in [-0.2, -0.15) is 0 Å². The molecule has 0 radical (unpaired) electrons. The van der Waals surface area contributed by atoms with Crippen LogP contribution in [0, 0.1) is 11.8 Å². The summed E-state index contributed by atoms with van der Waals surface area (Å²) in [5, 5.41) is 3.63. The van der Waals surface area contributed by atoms with Crippen LogP contribution in [0.4, 0.5) is 0 Å². The van der Waals surface area contributed by atoms with Crippen LogP contribution in [-0.2, 0) is 0 Å². The highest BCUT2D eigenvalue weighted by Gasteiger charge is 2.29. The predicted molar refractivity (Wildman–Crippen MR) is 82.0 cm³/mol. The summed E-state index contributed by atoms with van der Waals surface area (Å²) < 4.78 is 0. The van der Waals surface area contributed by atoms with Gasteiger partial charge in [-0.15, -0.1) is 0 Å². The van der Waals surface area contributed by atoms with Crippen molar-refractivity contribution in [1.29, 1.82) is 0 Å². The van der Waals surface area contributed by atoms with Gasteiger partial charge in [0.1, 0.15) is 0 Å². The van der Waals surface area contributed by atoms with Crippen LogP contribution in [-0.4, -0.2) is 13.1 Å². The molecule has 0 aliphatic heterocycles. The second-order valence-electron chi connectivity index (χ2n) is 6.21. The Morgan fingerprint density at radius 1 is 1.00 bits per heavy atom. The van der Waals surface area contributed by atoms with Crippen molar-refractivity contribution in [2.24, 2.45) is 11.8 Å². The van der Waals surface area contributed by atoms with Crippen LogP contribution in [0.2, 0.25) is 0 Å². The van der Waals surface area contributed by atoms with E-state index in [0.717, 1.165) is 17.9 Å². The molecule has 108 valence electrons. The van der Waals surface area contributed by atoms with Gasteiger partial charge in [0, 0.05) is 6.04 Å². The van der Waals surface area contributed by atoms with Crippen LogP contribution in [0.5, 0.6) is 0 Å². The normalized spacial score (nSPS) is 26.2. The summed E-state index contributed by atoms with van der Waals surface area (Å²) in [5.74, 6) is 1.95. The van der Waals surface area contributed by atoms with Crippen LogP contribution in [0.3, 0.4) is 0 Å². The monoisotopic (exact) mass is 253 g/mol. The fraction of sp³-hybridized carbons (Fsp3) is 1.00. The third-order valence-corrected chi connectivity index (χ3v) is 5.00. The molecule has 0 aromatic rings. The zero-order valence-electron chi connectivity index (χ0n) is 13.0. The third-order valence-electron chi connectivity index (χ3n) is 5.00. The van der Waals surface area contributed by atoms with E-state index in [0.29, 0.717) is 0 Å². The molecule has 1 nitrogen and oxygen atoms in total. The molecule has 1 heteroatoms. The lowest BCUT2D eigenvalue weighted by atomic mass is 9.73. The van der Waals surface area contributed by atoms with Gasteiger partial charge in [-0.05, 0) is 31.7 Å². The minimum absolute atomic E-state index is 0.789. The van der Waals surface area contributed by atoms with Crippen molar-refractivity contribution in [3.8, 4) is 0 Å². The van der Waals surface area contributed by atoms with Crippen molar-refractivity contribution >= 4 is 0 Å². The van der Waals surface area contributed by atoms with Crippen molar-refractivity contribution in [1.82, 2.24) is 5.32 Å². The van der Waals surface area contributed by atoms with Crippen molar-refractivity contribution in [3.63, 3.8) is 0 Å². The molecule has 1 saturated carbocycles. The zero-order valence-corrected chi connectivity index (χ0v) is 13.0. The van der Waals surface area contributed by atoms with Gasteiger partial charge < -0.3 is 5.32 Å². The molecular formula is C17H35N. The summed E-state index contributed by atoms with van der Waals surface area (Å²) in [5.41, 5.74) is 0. The van der Waals surface area contributed by atoms with E-state index in [-0.39, 0.29) is 0 Å². The lowest BCUT2D eigenvalue weighted by Crippen LogP contribution is -2.39. The third kappa shape index (κ3) is 5.30. The van der Waals surface area contributed by atoms with Crippen LogP contribution in [0.25, 0.3) is 0 Å². The Kier molecular flexibility index (Phi) is 8.75. The van der Waals surface area contributed by atoms with E-state index >= 15 is 0 Å². The number of unbranched alkanes of at least 4 members (excludes halogenated alkanes) is 4. The molecule has 0 spiro atoms. The maximum atomic E-state index is 3.63. The molecule has 0 heterocycles. The average Bonchev–Trinajstić information content (AvgIpc) is 2.43. The number of hydrogen-bond acceptors (Lipinski definition) is 1. The molecule has 1 aliphatic rings. The van der Waals surface area contributed by atoms with E-state index in [1.54, 1.807) is 0 Å². The van der Waals surface area contributed by atoms with Crippen molar-refractivity contribution in [2.45, 2.75) is 90.5 Å². The molecule has 3 unspecified atom stereocenters. The first-order valence-corrected chi connectivity index (χ1v) is 8.50. The van der Waals surface area contributed by atoms with Gasteiger partial charge in [0.25, 0.3) is 0 Å². The topological polar surface area (TPSA) is 12.0 Å². The first kappa shape index (κ1) is 16.0. The van der Waals surface area contributed by atoms with Gasteiger partial charge in [-0.3, -0.25) is 0 Å². The van der Waals surface area contributed by atoms with Gasteiger partial charge in [0.05, 0.1) is 0 Å². The zero-order chi connectivity index (χ0) is 13.2. The van der Waals surface area contributed by atoms with Crippen molar-refractivity contribution in [2.75, 3.05) is 7.05 Å². The fourth-order valence-electron chi connectivity index (χ4n) is 3.81. The largest absolute Gasteiger partial charge is 0.317 e. The Morgan fingerprint density at radius 3 is 2.39 bits per heavy atom. The van der Waals surface area contributed by atoms with Gasteiger partial charge in [-0.1, -0.05) is 71.6 Å². The SMILES string of the molecule is CCCCCCCC(NC)C1CCCCC1CC. The molecule has 0 aromatic heterocycles. The Balaban J connectivity index is 2.29. The molecule has 1 fully saturated rings. The highest BCUT2D eigenvalue weighted by atomic mass is 14.9. The average molecular weight is 253 g/mol. The molecule has 0 bridgehead atoms. The molecule has 0 aromatic carbocycles. The van der Waals surface area contributed by atoms with E-state index in [2.05, 4.69) is 26.2 Å². The predicted octanol–water partition coefficient (Wildman–Crippen LogP) is 5.15. The minimum Gasteiger partial charge on any atom is -0.317 e. The first-order valence-electron chi connectivity index (χ1n) is 8.50. The highest BCUT2D eigenvalue weighted by molar-refractivity contribution is 4.83. The van der Waals surface area contributed by atoms with Crippen LogP contribution in [0.1, 0.15) is 84.5 Å². The van der Waals surface area contributed by atoms with E-state index < -0.39 is 0 Å². The Bertz CT molecular complexity index is 190. The first-order chi connectivity index (χ1) is 8.83. The minimum atomic E-state index is 0.789. The summed E-state index contributed by atoms with van der Waals surface area (Å²) >= 11 is 0. The number of rotatable bonds is 9. The molecule has 1 N–H and O–H groups in total. The summed E-state index contributed by atoms with van der Waals surface area (Å²) in [6, 6.07) is 0.789. The second-order valence-corrected chi connectivity index (χ2v) is 6.21. The summed E-state index contributed by atoms with van der Waals surface area (Å²) in [7, 11) is 2.18. The van der Waals surface area contributed by atoms with Crippen molar-refractivity contribution < 1.29 is 0 Å². The Labute approximate surface area is 115 Å². The lowest BCUT2D eigenvalue weighted by Gasteiger charge is -2.37. The quantitative estimate of drug-likeness (QED) is 0.560. The molecule has 0 saturated heterocycles. The molecular weight excluding hydrogens is 218 g/mol. The second kappa shape index (κ2) is 9.83. The fourth-order valence-corrected chi connectivity index (χ4v) is 3.81. The van der Waals surface area contributed by atoms with E-state index in [9.17, 15) is 0 Å². The lowest BCUT2D eigenvalue weighted by molar-refractivity contribution is 0.172. The highest BCUT2D eigenvalue weighted by Crippen LogP contribution is 2.35. The van der Waals surface area contributed by atoms with Crippen LogP contribution < -0.4 is 5.32 Å². The number of nitrogens with one attached hydrogen (secondary N) is 1. The van der Waals surface area contributed by atoms with Crippen molar-refractivity contribution in [3.05, 3.63) is 0 Å². The van der Waals surface area contributed by atoms with Gasteiger partial charge in [0.2, 0.25) is 0 Å². The van der Waals surface area contributed by atoms with Crippen LogP contribution >= 0.6 is 0 Å². The van der Waals surface area contributed by atoms with Gasteiger partial charge in [0.15, 0.2) is 0 Å².